The second kappa shape index (κ2) is 8.18. The summed E-state index contributed by atoms with van der Waals surface area (Å²) in [6.45, 7) is 8.25. The van der Waals surface area contributed by atoms with Gasteiger partial charge in [-0.2, -0.15) is 0 Å². The number of hydrogen-bond acceptors (Lipinski definition) is 3. The second-order valence-electron chi connectivity index (χ2n) is 5.05. The van der Waals surface area contributed by atoms with Crippen LogP contribution >= 0.6 is 0 Å². The first-order valence-electron chi connectivity index (χ1n) is 7.25. The summed E-state index contributed by atoms with van der Waals surface area (Å²) in [6, 6.07) is 9.29. The van der Waals surface area contributed by atoms with Crippen molar-refractivity contribution in [3.63, 3.8) is 0 Å². The highest BCUT2D eigenvalue weighted by Crippen LogP contribution is 2.22. The number of hydrogen-bond donors (Lipinski definition) is 1. The Morgan fingerprint density at radius 3 is 2.26 bits per heavy atom. The van der Waals surface area contributed by atoms with Crippen molar-refractivity contribution in [1.82, 2.24) is 0 Å². The van der Waals surface area contributed by atoms with Gasteiger partial charge in [0.15, 0.2) is 0 Å². The smallest absolute Gasteiger partial charge is 0.0637 e. The van der Waals surface area contributed by atoms with Gasteiger partial charge in [0.1, 0.15) is 0 Å². The van der Waals surface area contributed by atoms with E-state index in [1.54, 1.807) is 7.11 Å². The first kappa shape index (κ1) is 16.0. The van der Waals surface area contributed by atoms with Gasteiger partial charge in [-0.15, -0.1) is 0 Å². The van der Waals surface area contributed by atoms with Gasteiger partial charge < -0.3 is 15.4 Å². The molecule has 1 rings (SSSR count). The summed E-state index contributed by atoms with van der Waals surface area (Å²) in [5.74, 6) is 0. The molecule has 0 spiro atoms. The van der Waals surface area contributed by atoms with Gasteiger partial charge in [-0.3, -0.25) is 0 Å². The van der Waals surface area contributed by atoms with E-state index < -0.39 is 0 Å². The Bertz CT molecular complexity index is 350. The zero-order chi connectivity index (χ0) is 14.3. The van der Waals surface area contributed by atoms with Gasteiger partial charge in [0.2, 0.25) is 0 Å². The van der Waals surface area contributed by atoms with Crippen molar-refractivity contribution >= 4 is 5.69 Å². The van der Waals surface area contributed by atoms with Gasteiger partial charge in [-0.25, -0.2) is 0 Å². The number of ether oxygens (including phenoxy) is 1. The molecule has 0 saturated carbocycles. The van der Waals surface area contributed by atoms with Crippen molar-refractivity contribution in [2.75, 3.05) is 25.2 Å². The van der Waals surface area contributed by atoms with Crippen LogP contribution in [0.4, 0.5) is 5.69 Å². The third-order valence-corrected chi connectivity index (χ3v) is 3.75. The molecule has 1 aromatic rings. The van der Waals surface area contributed by atoms with E-state index in [-0.39, 0.29) is 6.04 Å². The highest BCUT2D eigenvalue weighted by atomic mass is 16.5. The van der Waals surface area contributed by atoms with Gasteiger partial charge >= 0.3 is 0 Å². The summed E-state index contributed by atoms with van der Waals surface area (Å²) in [6.07, 6.45) is 2.10. The molecule has 3 heteroatoms. The van der Waals surface area contributed by atoms with Gasteiger partial charge in [0.25, 0.3) is 0 Å². The molecule has 108 valence electrons. The fourth-order valence-electron chi connectivity index (χ4n) is 2.16. The maximum atomic E-state index is 6.05. The molecule has 2 atom stereocenters. The van der Waals surface area contributed by atoms with Crippen LogP contribution in [-0.2, 0) is 4.74 Å². The van der Waals surface area contributed by atoms with E-state index in [2.05, 4.69) is 49.9 Å². The van der Waals surface area contributed by atoms with Crippen molar-refractivity contribution in [1.29, 1.82) is 0 Å². The van der Waals surface area contributed by atoms with Gasteiger partial charge in [0, 0.05) is 31.4 Å². The molecule has 0 heterocycles. The van der Waals surface area contributed by atoms with E-state index in [9.17, 15) is 0 Å². The van der Waals surface area contributed by atoms with Crippen LogP contribution in [0.15, 0.2) is 24.3 Å². The molecule has 0 radical (unpaired) electrons. The number of nitrogens with zero attached hydrogens (tertiary/aromatic N) is 1. The Balaban J connectivity index is 2.84. The first-order valence-corrected chi connectivity index (χ1v) is 7.25. The van der Waals surface area contributed by atoms with Crippen LogP contribution in [-0.4, -0.2) is 26.3 Å². The van der Waals surface area contributed by atoms with Crippen molar-refractivity contribution < 1.29 is 4.74 Å². The zero-order valence-electron chi connectivity index (χ0n) is 12.7. The quantitative estimate of drug-likeness (QED) is 0.782. The number of rotatable bonds is 8. The number of benzene rings is 1. The Morgan fingerprint density at radius 2 is 1.79 bits per heavy atom. The zero-order valence-corrected chi connectivity index (χ0v) is 12.7. The van der Waals surface area contributed by atoms with Crippen LogP contribution in [0.1, 0.15) is 45.2 Å². The Kier molecular flexibility index (Phi) is 6.89. The number of anilines is 1. The van der Waals surface area contributed by atoms with Gasteiger partial charge in [0.05, 0.1) is 6.61 Å². The monoisotopic (exact) mass is 264 g/mol. The molecule has 2 N–H and O–H groups in total. The molecule has 1 aromatic carbocycles. The van der Waals surface area contributed by atoms with Crippen molar-refractivity contribution in [2.45, 2.75) is 45.7 Å². The molecule has 0 aliphatic rings. The molecular formula is C16H28N2O. The summed E-state index contributed by atoms with van der Waals surface area (Å²) in [5.41, 5.74) is 8.51. The van der Waals surface area contributed by atoms with Crippen LogP contribution in [0.3, 0.4) is 0 Å². The normalized spacial score (nSPS) is 14.2. The van der Waals surface area contributed by atoms with E-state index in [1.807, 2.05) is 0 Å². The Labute approximate surface area is 117 Å². The maximum absolute atomic E-state index is 6.05. The van der Waals surface area contributed by atoms with E-state index in [0.717, 1.165) is 26.0 Å². The summed E-state index contributed by atoms with van der Waals surface area (Å²) >= 11 is 0. The summed E-state index contributed by atoms with van der Waals surface area (Å²) in [7, 11) is 1.75. The average molecular weight is 264 g/mol. The molecule has 0 bridgehead atoms. The standard InChI is InChI=1S/C16H28N2O/c1-5-13(3)18(11-12-19-4)15-9-7-14(8-10-15)16(17)6-2/h7-10,13,16H,5-6,11-12,17H2,1-4H3/t13?,16-/m1/s1. The van der Waals surface area contributed by atoms with E-state index in [4.69, 9.17) is 10.5 Å². The Hall–Kier alpha value is -1.06. The number of nitrogens with two attached hydrogens (primary N) is 1. The topological polar surface area (TPSA) is 38.5 Å². The maximum Gasteiger partial charge on any atom is 0.0637 e. The molecule has 0 saturated heterocycles. The van der Waals surface area contributed by atoms with Gasteiger partial charge in [-0.1, -0.05) is 26.0 Å². The summed E-state index contributed by atoms with van der Waals surface area (Å²) in [5, 5.41) is 0. The lowest BCUT2D eigenvalue weighted by Gasteiger charge is -2.31. The first-order chi connectivity index (χ1) is 9.13. The second-order valence-corrected chi connectivity index (χ2v) is 5.05. The lowest BCUT2D eigenvalue weighted by Crippen LogP contribution is -2.35. The summed E-state index contributed by atoms with van der Waals surface area (Å²) < 4.78 is 5.21. The predicted octanol–water partition coefficient (Wildman–Crippen LogP) is 3.35. The fraction of sp³-hybridized carbons (Fsp3) is 0.625. The highest BCUT2D eigenvalue weighted by Gasteiger charge is 2.13. The van der Waals surface area contributed by atoms with Crippen molar-refractivity contribution in [2.24, 2.45) is 5.73 Å². The van der Waals surface area contributed by atoms with Crippen molar-refractivity contribution in [3.05, 3.63) is 29.8 Å². The van der Waals surface area contributed by atoms with E-state index in [0.29, 0.717) is 6.04 Å². The minimum absolute atomic E-state index is 0.144. The van der Waals surface area contributed by atoms with Crippen LogP contribution in [0.5, 0.6) is 0 Å². The number of methoxy groups -OCH3 is 1. The molecular weight excluding hydrogens is 236 g/mol. The summed E-state index contributed by atoms with van der Waals surface area (Å²) in [4.78, 5) is 2.39. The van der Waals surface area contributed by atoms with Gasteiger partial charge in [-0.05, 0) is 37.5 Å². The molecule has 19 heavy (non-hydrogen) atoms. The van der Waals surface area contributed by atoms with E-state index in [1.165, 1.54) is 11.3 Å². The largest absolute Gasteiger partial charge is 0.383 e. The minimum Gasteiger partial charge on any atom is -0.383 e. The Morgan fingerprint density at radius 1 is 1.16 bits per heavy atom. The molecule has 0 fully saturated rings. The molecule has 1 unspecified atom stereocenters. The molecule has 0 amide bonds. The van der Waals surface area contributed by atoms with Crippen LogP contribution in [0.2, 0.25) is 0 Å². The molecule has 0 aliphatic carbocycles. The average Bonchev–Trinajstić information content (AvgIpc) is 2.47. The molecule has 0 aliphatic heterocycles. The fourth-order valence-corrected chi connectivity index (χ4v) is 2.16. The third kappa shape index (κ3) is 4.51. The highest BCUT2D eigenvalue weighted by molar-refractivity contribution is 5.49. The molecule has 0 aromatic heterocycles. The third-order valence-electron chi connectivity index (χ3n) is 3.75. The van der Waals surface area contributed by atoms with E-state index >= 15 is 0 Å². The van der Waals surface area contributed by atoms with Crippen LogP contribution in [0, 0.1) is 0 Å². The SMILES string of the molecule is CCC(C)N(CCOC)c1ccc([C@H](N)CC)cc1. The minimum atomic E-state index is 0.144. The van der Waals surface area contributed by atoms with Crippen LogP contribution < -0.4 is 10.6 Å². The lowest BCUT2D eigenvalue weighted by molar-refractivity contribution is 0.203. The lowest BCUT2D eigenvalue weighted by atomic mass is 10.0. The predicted molar refractivity (Wildman–Crippen MR) is 82.6 cm³/mol. The molecule has 3 nitrogen and oxygen atoms in total. The van der Waals surface area contributed by atoms with Crippen molar-refractivity contribution in [3.8, 4) is 0 Å². The van der Waals surface area contributed by atoms with Crippen LogP contribution in [0.25, 0.3) is 0 Å².